The quantitative estimate of drug-likeness (QED) is 0.304. The van der Waals surface area contributed by atoms with Gasteiger partial charge in [-0.05, 0) is 25.3 Å². The molecule has 0 radical (unpaired) electrons. The molecule has 1 aliphatic rings. The summed E-state index contributed by atoms with van der Waals surface area (Å²) in [4.78, 5) is 22.6. The molecule has 0 aromatic carbocycles. The van der Waals surface area contributed by atoms with Gasteiger partial charge in [-0.25, -0.2) is 4.98 Å². The monoisotopic (exact) mass is 476 g/mol. The standard InChI is InChI=1S/C18H28N4O3.HI/c1-12(2)25-16-7-6-14(8-20-16)9-21-18(19-4)22-10-13(3)15(11-22)17(23)24-5;/h6-8,12-13,15H,9-11H2,1-5H3,(H,19,21);1H. The van der Waals surface area contributed by atoms with Gasteiger partial charge < -0.3 is 19.7 Å². The minimum Gasteiger partial charge on any atom is -0.475 e. The van der Waals surface area contributed by atoms with Gasteiger partial charge in [0.25, 0.3) is 0 Å². The number of likely N-dealkylation sites (tertiary alicyclic amines) is 1. The number of pyridine rings is 1. The number of carbonyl (C=O) groups excluding carboxylic acids is 1. The van der Waals surface area contributed by atoms with Crippen molar-refractivity contribution in [3.8, 4) is 5.88 Å². The summed E-state index contributed by atoms with van der Waals surface area (Å²) in [5, 5.41) is 3.33. The van der Waals surface area contributed by atoms with Crippen LogP contribution in [0.5, 0.6) is 5.88 Å². The highest BCUT2D eigenvalue weighted by Gasteiger charge is 2.36. The number of hydrogen-bond donors (Lipinski definition) is 1. The lowest BCUT2D eigenvalue weighted by atomic mass is 9.99. The molecule has 26 heavy (non-hydrogen) atoms. The molecule has 0 amide bonds. The molecule has 2 unspecified atom stereocenters. The highest BCUT2D eigenvalue weighted by molar-refractivity contribution is 14.0. The van der Waals surface area contributed by atoms with E-state index in [-0.39, 0.29) is 47.9 Å². The zero-order valence-electron chi connectivity index (χ0n) is 16.1. The number of carbonyl (C=O) groups is 1. The van der Waals surface area contributed by atoms with E-state index in [2.05, 4.69) is 27.1 Å². The Bertz CT molecular complexity index is 607. The number of ether oxygens (including phenoxy) is 2. The van der Waals surface area contributed by atoms with Crippen LogP contribution in [0.1, 0.15) is 26.3 Å². The molecule has 0 bridgehead atoms. The smallest absolute Gasteiger partial charge is 0.310 e. The molecule has 2 rings (SSSR count). The third-order valence-electron chi connectivity index (χ3n) is 4.23. The van der Waals surface area contributed by atoms with Gasteiger partial charge in [0, 0.05) is 38.9 Å². The second-order valence-corrected chi connectivity index (χ2v) is 6.58. The van der Waals surface area contributed by atoms with Crippen molar-refractivity contribution in [3.05, 3.63) is 23.9 Å². The fourth-order valence-electron chi connectivity index (χ4n) is 2.94. The fraction of sp³-hybridized carbons (Fsp3) is 0.611. The molecular formula is C18H29IN4O3. The predicted molar refractivity (Wildman–Crippen MR) is 112 cm³/mol. The van der Waals surface area contributed by atoms with Crippen LogP contribution in [0.25, 0.3) is 0 Å². The van der Waals surface area contributed by atoms with Crippen molar-refractivity contribution in [2.24, 2.45) is 16.8 Å². The van der Waals surface area contributed by atoms with Crippen LogP contribution in [0.2, 0.25) is 0 Å². The number of rotatable bonds is 5. The summed E-state index contributed by atoms with van der Waals surface area (Å²) in [7, 11) is 3.18. The number of methoxy groups -OCH3 is 1. The first-order valence-corrected chi connectivity index (χ1v) is 8.59. The normalized spacial score (nSPS) is 19.9. The highest BCUT2D eigenvalue weighted by Crippen LogP contribution is 2.24. The Morgan fingerprint density at radius 1 is 1.42 bits per heavy atom. The molecule has 0 spiro atoms. The Labute approximate surface area is 172 Å². The van der Waals surface area contributed by atoms with Gasteiger partial charge in [-0.2, -0.15) is 0 Å². The van der Waals surface area contributed by atoms with Crippen LogP contribution in [0, 0.1) is 11.8 Å². The van der Waals surface area contributed by atoms with Crippen molar-refractivity contribution in [1.29, 1.82) is 0 Å². The molecule has 7 nitrogen and oxygen atoms in total. The van der Waals surface area contributed by atoms with Crippen LogP contribution in [-0.2, 0) is 16.1 Å². The van der Waals surface area contributed by atoms with Gasteiger partial charge in [0.15, 0.2) is 5.96 Å². The average molecular weight is 476 g/mol. The first-order chi connectivity index (χ1) is 11.9. The number of esters is 1. The maximum absolute atomic E-state index is 11.8. The van der Waals surface area contributed by atoms with Gasteiger partial charge in [-0.1, -0.05) is 13.0 Å². The van der Waals surface area contributed by atoms with E-state index >= 15 is 0 Å². The SMILES string of the molecule is CN=C(NCc1ccc(OC(C)C)nc1)N1CC(C)C(C(=O)OC)C1.I. The van der Waals surface area contributed by atoms with Crippen LogP contribution in [0.15, 0.2) is 23.3 Å². The number of aliphatic imine (C=N–C) groups is 1. The van der Waals surface area contributed by atoms with Gasteiger partial charge in [0.05, 0.1) is 19.1 Å². The minimum atomic E-state index is -0.157. The summed E-state index contributed by atoms with van der Waals surface area (Å²) in [6.07, 6.45) is 1.90. The summed E-state index contributed by atoms with van der Waals surface area (Å²) >= 11 is 0. The molecule has 0 saturated carbocycles. The molecule has 1 aromatic heterocycles. The molecule has 1 aromatic rings. The van der Waals surface area contributed by atoms with Crippen LogP contribution in [-0.4, -0.2) is 55.2 Å². The molecule has 1 aliphatic heterocycles. The molecule has 0 aliphatic carbocycles. The summed E-state index contributed by atoms with van der Waals surface area (Å²) < 4.78 is 10.4. The van der Waals surface area contributed by atoms with Crippen molar-refractivity contribution in [2.45, 2.75) is 33.4 Å². The van der Waals surface area contributed by atoms with Crippen molar-refractivity contribution in [2.75, 3.05) is 27.2 Å². The van der Waals surface area contributed by atoms with Gasteiger partial charge in [0.1, 0.15) is 0 Å². The summed E-state index contributed by atoms with van der Waals surface area (Å²) in [5.74, 6) is 1.37. The number of guanidine groups is 1. The Kier molecular flexibility index (Phi) is 9.11. The van der Waals surface area contributed by atoms with E-state index in [1.54, 1.807) is 13.2 Å². The third kappa shape index (κ3) is 6.00. The van der Waals surface area contributed by atoms with E-state index in [9.17, 15) is 4.79 Å². The van der Waals surface area contributed by atoms with Crippen LogP contribution in [0.3, 0.4) is 0 Å². The van der Waals surface area contributed by atoms with Gasteiger partial charge in [0.2, 0.25) is 5.88 Å². The molecule has 1 saturated heterocycles. The van der Waals surface area contributed by atoms with Gasteiger partial charge in [-0.3, -0.25) is 9.79 Å². The minimum absolute atomic E-state index is 0. The van der Waals surface area contributed by atoms with Gasteiger partial charge in [-0.15, -0.1) is 24.0 Å². The van der Waals surface area contributed by atoms with Crippen molar-refractivity contribution < 1.29 is 14.3 Å². The van der Waals surface area contributed by atoms with Crippen molar-refractivity contribution in [1.82, 2.24) is 15.2 Å². The first-order valence-electron chi connectivity index (χ1n) is 8.59. The van der Waals surface area contributed by atoms with Crippen LogP contribution >= 0.6 is 24.0 Å². The highest BCUT2D eigenvalue weighted by atomic mass is 127. The van der Waals surface area contributed by atoms with E-state index in [0.29, 0.717) is 19.0 Å². The van der Waals surface area contributed by atoms with E-state index in [4.69, 9.17) is 9.47 Å². The molecular weight excluding hydrogens is 447 g/mol. The number of aromatic nitrogens is 1. The van der Waals surface area contributed by atoms with E-state index in [1.165, 1.54) is 7.11 Å². The zero-order valence-corrected chi connectivity index (χ0v) is 18.4. The third-order valence-corrected chi connectivity index (χ3v) is 4.23. The summed E-state index contributed by atoms with van der Waals surface area (Å²) in [5.41, 5.74) is 1.04. The van der Waals surface area contributed by atoms with Crippen molar-refractivity contribution in [3.63, 3.8) is 0 Å². The number of nitrogens with zero attached hydrogens (tertiary/aromatic N) is 3. The number of nitrogens with one attached hydrogen (secondary N) is 1. The largest absolute Gasteiger partial charge is 0.475 e. The maximum atomic E-state index is 11.8. The van der Waals surface area contributed by atoms with E-state index in [1.807, 2.05) is 26.0 Å². The van der Waals surface area contributed by atoms with E-state index < -0.39 is 0 Å². The molecule has 8 heteroatoms. The lowest BCUT2D eigenvalue weighted by molar-refractivity contribution is -0.145. The second-order valence-electron chi connectivity index (χ2n) is 6.58. The number of halogens is 1. The fourth-order valence-corrected chi connectivity index (χ4v) is 2.94. The van der Waals surface area contributed by atoms with E-state index in [0.717, 1.165) is 18.1 Å². The topological polar surface area (TPSA) is 76.1 Å². The summed E-state index contributed by atoms with van der Waals surface area (Å²) in [6.45, 7) is 8.01. The van der Waals surface area contributed by atoms with Crippen LogP contribution in [0.4, 0.5) is 0 Å². The second kappa shape index (κ2) is 10.5. The Morgan fingerprint density at radius 3 is 2.69 bits per heavy atom. The van der Waals surface area contributed by atoms with Crippen molar-refractivity contribution >= 4 is 35.9 Å². The molecule has 2 atom stereocenters. The van der Waals surface area contributed by atoms with Crippen LogP contribution < -0.4 is 10.1 Å². The average Bonchev–Trinajstić information content (AvgIpc) is 2.97. The Morgan fingerprint density at radius 2 is 2.15 bits per heavy atom. The lowest BCUT2D eigenvalue weighted by Crippen LogP contribution is -2.40. The molecule has 1 N–H and O–H groups in total. The Balaban J connectivity index is 0.00000338. The number of hydrogen-bond acceptors (Lipinski definition) is 5. The Hall–Kier alpha value is -1.58. The van der Waals surface area contributed by atoms with Gasteiger partial charge >= 0.3 is 5.97 Å². The zero-order chi connectivity index (χ0) is 18.4. The molecule has 1 fully saturated rings. The lowest BCUT2D eigenvalue weighted by Gasteiger charge is -2.21. The first kappa shape index (κ1) is 22.5. The summed E-state index contributed by atoms with van der Waals surface area (Å²) in [6, 6.07) is 3.85. The maximum Gasteiger partial charge on any atom is 0.310 e. The molecule has 2 heterocycles. The molecule has 146 valence electrons. The predicted octanol–water partition coefficient (Wildman–Crippen LogP) is 2.30.